The van der Waals surface area contributed by atoms with Crippen LogP contribution in [0.25, 0.3) is 27.7 Å². The van der Waals surface area contributed by atoms with Crippen molar-refractivity contribution >= 4 is 22.6 Å². The highest BCUT2D eigenvalue weighted by Gasteiger charge is 2.10. The summed E-state index contributed by atoms with van der Waals surface area (Å²) in [6.45, 7) is 0. The zero-order valence-corrected chi connectivity index (χ0v) is 13.7. The standard InChI is InChI=1S/C19H16N6O/c20-18-9-16(15-3-1-2-4-17(15)23-18)13-10-22-25(11-13)14-7-5-12(6-8-14)19(21)24-26/h1-11,26H,(H2,20,23)(H2,21,24). The van der Waals surface area contributed by atoms with Crippen molar-refractivity contribution in [2.45, 2.75) is 0 Å². The van der Waals surface area contributed by atoms with Crippen LogP contribution in [0.3, 0.4) is 0 Å². The largest absolute Gasteiger partial charge is 0.384 e. The van der Waals surface area contributed by atoms with Gasteiger partial charge in [-0.2, -0.15) is 5.10 Å². The van der Waals surface area contributed by atoms with E-state index in [2.05, 4.69) is 10.1 Å². The predicted octanol–water partition coefficient (Wildman–Crippen LogP) is 2.97. The van der Waals surface area contributed by atoms with Gasteiger partial charge in [0.1, 0.15) is 11.7 Å². The molecule has 0 aliphatic rings. The molecule has 128 valence electrons. The molecule has 0 atom stereocenters. The average Bonchev–Trinajstić information content (AvgIpc) is 3.17. The Hall–Kier alpha value is -3.71. The number of amidine groups is 1. The summed E-state index contributed by atoms with van der Waals surface area (Å²) in [5.41, 5.74) is 12.0. The summed E-state index contributed by atoms with van der Waals surface area (Å²) in [5.74, 6) is 0.405. The number of anilines is 1. The van der Waals surface area contributed by atoms with Crippen molar-refractivity contribution in [3.63, 3.8) is 0 Å². The van der Waals surface area contributed by atoms with Crippen LogP contribution in [0.5, 0.6) is 0 Å². The second kappa shape index (κ2) is 6.30. The van der Waals surface area contributed by atoms with E-state index < -0.39 is 0 Å². The van der Waals surface area contributed by atoms with Gasteiger partial charge in [-0.15, -0.1) is 0 Å². The first-order valence-electron chi connectivity index (χ1n) is 7.95. The summed E-state index contributed by atoms with van der Waals surface area (Å²) >= 11 is 0. The van der Waals surface area contributed by atoms with Gasteiger partial charge in [0.2, 0.25) is 0 Å². The molecule has 2 heterocycles. The Balaban J connectivity index is 1.74. The highest BCUT2D eigenvalue weighted by atomic mass is 16.5. The van der Waals surface area contributed by atoms with E-state index in [1.807, 2.05) is 54.1 Å². The molecule has 7 nitrogen and oxygen atoms in total. The Morgan fingerprint density at radius 2 is 1.88 bits per heavy atom. The fraction of sp³-hybridized carbons (Fsp3) is 0. The van der Waals surface area contributed by atoms with Crippen LogP contribution in [0.1, 0.15) is 5.56 Å². The van der Waals surface area contributed by atoms with E-state index in [-0.39, 0.29) is 5.84 Å². The molecule has 7 heteroatoms. The molecule has 26 heavy (non-hydrogen) atoms. The van der Waals surface area contributed by atoms with Crippen LogP contribution in [0.15, 0.2) is 67.0 Å². The van der Waals surface area contributed by atoms with E-state index in [4.69, 9.17) is 16.4 Å². The van der Waals surface area contributed by atoms with Gasteiger partial charge in [0, 0.05) is 22.7 Å². The minimum atomic E-state index is -0.0589. The van der Waals surface area contributed by atoms with Gasteiger partial charge in [0.05, 0.1) is 17.4 Å². The lowest BCUT2D eigenvalue weighted by atomic mass is 10.0. The number of hydrogen-bond acceptors (Lipinski definition) is 5. The molecule has 2 aromatic carbocycles. The molecule has 0 unspecified atom stereocenters. The van der Waals surface area contributed by atoms with Crippen LogP contribution >= 0.6 is 0 Å². The summed E-state index contributed by atoms with van der Waals surface area (Å²) in [7, 11) is 0. The first-order valence-corrected chi connectivity index (χ1v) is 7.95. The number of nitrogens with one attached hydrogen (secondary N) is 2. The molecule has 0 spiro atoms. The Kier molecular flexibility index (Phi) is 3.83. The van der Waals surface area contributed by atoms with Crippen molar-refractivity contribution in [3.05, 3.63) is 72.6 Å². The molecule has 0 fully saturated rings. The summed E-state index contributed by atoms with van der Waals surface area (Å²) in [5, 5.41) is 21.8. The molecule has 5 N–H and O–H groups in total. The first-order chi connectivity index (χ1) is 12.7. The predicted molar refractivity (Wildman–Crippen MR) is 100 cm³/mol. The van der Waals surface area contributed by atoms with Gasteiger partial charge in [-0.3, -0.25) is 16.1 Å². The van der Waals surface area contributed by atoms with Crippen molar-refractivity contribution in [2.24, 2.45) is 0 Å². The van der Waals surface area contributed by atoms with Crippen LogP contribution in [0, 0.1) is 5.41 Å². The number of nitrogens with two attached hydrogens (primary N) is 1. The minimum absolute atomic E-state index is 0.0589. The second-order valence-electron chi connectivity index (χ2n) is 5.82. The molecule has 4 aromatic rings. The summed E-state index contributed by atoms with van der Waals surface area (Å²) in [4.78, 5) is 4.37. The number of hydrogen-bond donors (Lipinski definition) is 4. The van der Waals surface area contributed by atoms with Crippen molar-refractivity contribution < 1.29 is 5.21 Å². The molecule has 0 aliphatic heterocycles. The Bertz CT molecular complexity index is 1100. The fourth-order valence-corrected chi connectivity index (χ4v) is 2.88. The molecule has 0 amide bonds. The molecular weight excluding hydrogens is 328 g/mol. The van der Waals surface area contributed by atoms with E-state index in [0.717, 1.165) is 27.7 Å². The number of rotatable bonds is 3. The number of nitrogen functional groups attached to an aromatic ring is 1. The van der Waals surface area contributed by atoms with Gasteiger partial charge in [-0.05, 0) is 42.0 Å². The van der Waals surface area contributed by atoms with Crippen LogP contribution < -0.4 is 11.2 Å². The van der Waals surface area contributed by atoms with Gasteiger partial charge < -0.3 is 5.73 Å². The van der Waals surface area contributed by atoms with Gasteiger partial charge in [0.15, 0.2) is 0 Å². The number of fused-ring (bicyclic) bond motifs is 1. The zero-order chi connectivity index (χ0) is 18.1. The van der Waals surface area contributed by atoms with Gasteiger partial charge in [-0.1, -0.05) is 18.2 Å². The van der Waals surface area contributed by atoms with Crippen molar-refractivity contribution in [3.8, 4) is 16.8 Å². The molecule has 0 radical (unpaired) electrons. The van der Waals surface area contributed by atoms with Crippen molar-refractivity contribution in [1.29, 1.82) is 5.41 Å². The van der Waals surface area contributed by atoms with E-state index >= 15 is 0 Å². The summed E-state index contributed by atoms with van der Waals surface area (Å²) < 4.78 is 1.75. The van der Waals surface area contributed by atoms with Crippen LogP contribution in [0.4, 0.5) is 5.82 Å². The lowest BCUT2D eigenvalue weighted by Gasteiger charge is -2.06. The third-order valence-electron chi connectivity index (χ3n) is 4.16. The zero-order valence-electron chi connectivity index (χ0n) is 13.7. The van der Waals surface area contributed by atoms with E-state index in [1.165, 1.54) is 0 Å². The van der Waals surface area contributed by atoms with Gasteiger partial charge >= 0.3 is 0 Å². The number of benzene rings is 2. The van der Waals surface area contributed by atoms with E-state index in [1.54, 1.807) is 23.0 Å². The molecule has 0 aliphatic carbocycles. The quantitative estimate of drug-likeness (QED) is 0.259. The normalized spacial score (nSPS) is 10.8. The van der Waals surface area contributed by atoms with Gasteiger partial charge in [-0.25, -0.2) is 9.67 Å². The maximum Gasteiger partial charge on any atom is 0.149 e. The lowest BCUT2D eigenvalue weighted by molar-refractivity contribution is 0.234. The number of para-hydroxylation sites is 1. The van der Waals surface area contributed by atoms with Crippen molar-refractivity contribution in [2.75, 3.05) is 5.73 Å². The third kappa shape index (κ3) is 2.76. The summed E-state index contributed by atoms with van der Waals surface area (Å²) in [6.07, 6.45) is 3.71. The maximum atomic E-state index is 8.81. The molecule has 0 bridgehead atoms. The molecular formula is C19H16N6O. The molecule has 0 saturated carbocycles. The third-order valence-corrected chi connectivity index (χ3v) is 4.16. The number of aromatic nitrogens is 3. The Morgan fingerprint density at radius 1 is 1.12 bits per heavy atom. The fourth-order valence-electron chi connectivity index (χ4n) is 2.88. The maximum absolute atomic E-state index is 8.81. The van der Waals surface area contributed by atoms with E-state index in [9.17, 15) is 0 Å². The smallest absolute Gasteiger partial charge is 0.149 e. The van der Waals surface area contributed by atoms with Crippen LogP contribution in [-0.4, -0.2) is 25.8 Å². The Labute approximate surface area is 149 Å². The highest BCUT2D eigenvalue weighted by molar-refractivity contribution is 5.96. The average molecular weight is 344 g/mol. The van der Waals surface area contributed by atoms with Crippen LogP contribution in [-0.2, 0) is 0 Å². The Morgan fingerprint density at radius 3 is 2.65 bits per heavy atom. The van der Waals surface area contributed by atoms with Crippen LogP contribution in [0.2, 0.25) is 0 Å². The SMILES string of the molecule is N=C(NO)c1ccc(-n2cc(-c3cc(N)nc4ccccc34)cn2)cc1. The molecule has 0 saturated heterocycles. The number of nitrogens with zero attached hydrogens (tertiary/aromatic N) is 3. The number of hydroxylamine groups is 1. The lowest BCUT2D eigenvalue weighted by Crippen LogP contribution is -2.18. The van der Waals surface area contributed by atoms with Gasteiger partial charge in [0.25, 0.3) is 0 Å². The monoisotopic (exact) mass is 344 g/mol. The highest BCUT2D eigenvalue weighted by Crippen LogP contribution is 2.29. The minimum Gasteiger partial charge on any atom is -0.384 e. The second-order valence-corrected chi connectivity index (χ2v) is 5.82. The molecule has 4 rings (SSSR count). The van der Waals surface area contributed by atoms with E-state index in [0.29, 0.717) is 11.4 Å². The number of pyridine rings is 1. The first kappa shape index (κ1) is 15.8. The topological polar surface area (TPSA) is 113 Å². The van der Waals surface area contributed by atoms with Crippen molar-refractivity contribution in [1.82, 2.24) is 20.2 Å². The summed E-state index contributed by atoms with van der Waals surface area (Å²) in [6, 6.07) is 16.8. The molecule has 2 aromatic heterocycles.